The second-order valence-electron chi connectivity index (χ2n) is 11.3. The molecular weight excluding hydrogens is 648 g/mol. The smallest absolute Gasteiger partial charge is 0.310 e. The summed E-state index contributed by atoms with van der Waals surface area (Å²) in [7, 11) is 5.58. The zero-order chi connectivity index (χ0) is 38.3. The molecule has 0 heterocycles. The number of carboxylic acids is 3. The summed E-state index contributed by atoms with van der Waals surface area (Å²) in [6.45, 7) is 15.5. The zero-order valence-electron chi connectivity index (χ0n) is 30.8. The van der Waals surface area contributed by atoms with Gasteiger partial charge in [0.15, 0.2) is 0 Å². The predicted octanol–water partition coefficient (Wildman–Crippen LogP) is 4.57. The number of esters is 3. The van der Waals surface area contributed by atoms with Gasteiger partial charge in [0.1, 0.15) is 0 Å². The third-order valence-corrected chi connectivity index (χ3v) is 7.74. The Morgan fingerprint density at radius 1 is 0.510 bits per heavy atom. The van der Waals surface area contributed by atoms with Crippen molar-refractivity contribution in [2.75, 3.05) is 35.0 Å². The van der Waals surface area contributed by atoms with Gasteiger partial charge < -0.3 is 43.7 Å². The van der Waals surface area contributed by atoms with E-state index >= 15 is 0 Å². The highest BCUT2D eigenvalue weighted by atomic mass is 16.5. The van der Waals surface area contributed by atoms with Crippen LogP contribution in [0.1, 0.15) is 89.0 Å². The van der Waals surface area contributed by atoms with Crippen LogP contribution in [0, 0.1) is 35.5 Å². The van der Waals surface area contributed by atoms with Gasteiger partial charge >= 0.3 is 35.8 Å². The molecule has 3 N–H and O–H groups in total. The molecule has 0 bridgehead atoms. The Hall–Kier alpha value is -3.30. The molecule has 0 aromatic rings. The summed E-state index contributed by atoms with van der Waals surface area (Å²) in [6.07, 6.45) is -0.0728. The third kappa shape index (κ3) is 18.9. The maximum absolute atomic E-state index is 11.7. The normalized spacial score (nSPS) is 16.0. The fourth-order valence-corrected chi connectivity index (χ4v) is 5.03. The highest BCUT2D eigenvalue weighted by molar-refractivity contribution is 5.82. The lowest BCUT2D eigenvalue weighted by atomic mass is 9.87. The number of carbonyl (C=O) groups excluding carboxylic acids is 3. The minimum Gasteiger partial charge on any atom is -0.481 e. The molecular formula is C34H64O15. The molecule has 0 aliphatic carbocycles. The fourth-order valence-electron chi connectivity index (χ4n) is 5.03. The molecule has 15 heteroatoms. The van der Waals surface area contributed by atoms with Crippen LogP contribution in [-0.2, 0) is 57.2 Å². The largest absolute Gasteiger partial charge is 0.481 e. The molecule has 0 aromatic heterocycles. The van der Waals surface area contributed by atoms with E-state index in [0.717, 1.165) is 0 Å². The van der Waals surface area contributed by atoms with Crippen LogP contribution < -0.4 is 0 Å². The van der Waals surface area contributed by atoms with Crippen molar-refractivity contribution in [3.63, 3.8) is 0 Å². The van der Waals surface area contributed by atoms with Gasteiger partial charge in [-0.1, -0.05) is 49.0 Å². The third-order valence-electron chi connectivity index (χ3n) is 7.74. The van der Waals surface area contributed by atoms with Crippen molar-refractivity contribution in [3.8, 4) is 0 Å². The summed E-state index contributed by atoms with van der Waals surface area (Å²) in [6, 6.07) is 0. The quantitative estimate of drug-likeness (QED) is 0.116. The van der Waals surface area contributed by atoms with Crippen molar-refractivity contribution in [3.05, 3.63) is 0 Å². The molecule has 0 radical (unpaired) electrons. The number of hydrogen-bond acceptors (Lipinski definition) is 12. The molecule has 0 fully saturated rings. The summed E-state index contributed by atoms with van der Waals surface area (Å²) in [4.78, 5) is 67.8. The topological polar surface area (TPSA) is 218 Å². The van der Waals surface area contributed by atoms with Gasteiger partial charge in [-0.2, -0.15) is 0 Å². The van der Waals surface area contributed by atoms with Gasteiger partial charge in [0.25, 0.3) is 0 Å². The predicted molar refractivity (Wildman–Crippen MR) is 181 cm³/mol. The maximum Gasteiger partial charge on any atom is 0.310 e. The Bertz CT molecular complexity index is 955. The average molecular weight is 713 g/mol. The van der Waals surface area contributed by atoms with Crippen LogP contribution in [0.25, 0.3) is 0 Å². The number of carboxylic acid groups (broad SMARTS) is 3. The van der Waals surface area contributed by atoms with Crippen LogP contribution in [0.5, 0.6) is 0 Å². The van der Waals surface area contributed by atoms with E-state index in [0.29, 0.717) is 19.3 Å². The van der Waals surface area contributed by atoms with Crippen LogP contribution in [0.3, 0.4) is 0 Å². The first-order valence-corrected chi connectivity index (χ1v) is 16.0. The summed E-state index contributed by atoms with van der Waals surface area (Å²) >= 11 is 0. The molecule has 290 valence electrons. The Morgan fingerprint density at radius 2 is 0.796 bits per heavy atom. The van der Waals surface area contributed by atoms with E-state index in [1.807, 2.05) is 20.8 Å². The SMILES string of the molecule is C.CCC(OC)C(C(=O)O)C(C)C(=O)OC.CCC(OC)C(C(=O)O)C(C)C(=O)OC(C)C.CCOC(=O)C(C)C(C(=O)O)C(CC)OC. The first kappa shape index (κ1) is 52.5. The number of methoxy groups -OCH3 is 4. The fraction of sp³-hybridized carbons (Fsp3) is 0.824. The molecule has 0 aliphatic heterocycles. The molecule has 0 aliphatic rings. The molecule has 0 rings (SSSR count). The van der Waals surface area contributed by atoms with Crippen molar-refractivity contribution in [2.45, 2.75) is 113 Å². The van der Waals surface area contributed by atoms with Gasteiger partial charge in [-0.3, -0.25) is 28.8 Å². The van der Waals surface area contributed by atoms with E-state index in [1.54, 1.807) is 34.6 Å². The standard InChI is InChI=1S/C12H22O5.C11H20O5.C10H18O5.CH4/c1-6-9(16-5)10(11(13)14)8(4)12(15)17-7(2)3;1-5-8(15-4)9(10(12)13)7(3)11(14)16-6-2;1-5-7(14-3)8(9(11)12)6(2)10(13)15-4;/h7-10H,6H2,1-5H3,(H,13,14);7-9H,5-6H2,1-4H3,(H,12,13);6-8H,5H2,1-4H3,(H,11,12);1H4. The Balaban J connectivity index is -0.000000307. The summed E-state index contributed by atoms with van der Waals surface area (Å²) in [5.41, 5.74) is 0. The van der Waals surface area contributed by atoms with Crippen LogP contribution in [-0.4, -0.2) is 111 Å². The van der Waals surface area contributed by atoms with Crippen molar-refractivity contribution in [1.82, 2.24) is 0 Å². The Labute approximate surface area is 292 Å². The van der Waals surface area contributed by atoms with Crippen LogP contribution in [0.2, 0.25) is 0 Å². The van der Waals surface area contributed by atoms with Crippen LogP contribution in [0.4, 0.5) is 0 Å². The van der Waals surface area contributed by atoms with E-state index in [4.69, 9.17) is 33.9 Å². The van der Waals surface area contributed by atoms with Gasteiger partial charge in [-0.05, 0) is 40.0 Å². The van der Waals surface area contributed by atoms with E-state index in [2.05, 4.69) is 4.74 Å². The Morgan fingerprint density at radius 3 is 1.00 bits per heavy atom. The van der Waals surface area contributed by atoms with Gasteiger partial charge in [0.05, 0.1) is 73.6 Å². The molecule has 15 nitrogen and oxygen atoms in total. The lowest BCUT2D eigenvalue weighted by Gasteiger charge is -2.26. The highest BCUT2D eigenvalue weighted by Gasteiger charge is 2.39. The maximum atomic E-state index is 11.7. The van der Waals surface area contributed by atoms with Gasteiger partial charge in [-0.25, -0.2) is 0 Å². The summed E-state index contributed by atoms with van der Waals surface area (Å²) in [5, 5.41) is 27.3. The van der Waals surface area contributed by atoms with Crippen LogP contribution in [0.15, 0.2) is 0 Å². The second kappa shape index (κ2) is 28.5. The lowest BCUT2D eigenvalue weighted by Crippen LogP contribution is -2.39. The van der Waals surface area contributed by atoms with Crippen molar-refractivity contribution >= 4 is 35.8 Å². The monoisotopic (exact) mass is 712 g/mol. The van der Waals surface area contributed by atoms with Gasteiger partial charge in [0, 0.05) is 21.3 Å². The van der Waals surface area contributed by atoms with E-state index < -0.39 is 89.6 Å². The number of aliphatic carboxylic acids is 3. The Kier molecular flexibility index (Phi) is 30.6. The highest BCUT2D eigenvalue weighted by Crippen LogP contribution is 2.24. The molecule has 0 spiro atoms. The number of ether oxygens (including phenoxy) is 6. The number of rotatable bonds is 20. The molecule has 0 saturated carbocycles. The lowest BCUT2D eigenvalue weighted by molar-refractivity contribution is -0.164. The molecule has 0 aromatic carbocycles. The minimum absolute atomic E-state index is 0. The second-order valence-corrected chi connectivity index (χ2v) is 11.3. The molecule has 0 saturated heterocycles. The van der Waals surface area contributed by atoms with Crippen molar-refractivity contribution in [1.29, 1.82) is 0 Å². The summed E-state index contributed by atoms with van der Waals surface area (Å²) in [5.74, 6) is -9.38. The number of hydrogen-bond donors (Lipinski definition) is 3. The van der Waals surface area contributed by atoms with E-state index in [-0.39, 0.29) is 20.1 Å². The number of carbonyl (C=O) groups is 6. The van der Waals surface area contributed by atoms with E-state index in [9.17, 15) is 33.9 Å². The van der Waals surface area contributed by atoms with Crippen molar-refractivity contribution in [2.24, 2.45) is 35.5 Å². The average Bonchev–Trinajstić information content (AvgIpc) is 3.03. The molecule has 49 heavy (non-hydrogen) atoms. The van der Waals surface area contributed by atoms with E-state index in [1.165, 1.54) is 35.4 Å². The van der Waals surface area contributed by atoms with Gasteiger partial charge in [-0.15, -0.1) is 0 Å². The molecule has 9 unspecified atom stereocenters. The zero-order valence-corrected chi connectivity index (χ0v) is 30.8. The van der Waals surface area contributed by atoms with Crippen molar-refractivity contribution < 1.29 is 72.5 Å². The van der Waals surface area contributed by atoms with Crippen LogP contribution >= 0.6 is 0 Å². The summed E-state index contributed by atoms with van der Waals surface area (Å²) < 4.78 is 29.6. The first-order valence-electron chi connectivity index (χ1n) is 16.0. The minimum atomic E-state index is -1.04. The first-order chi connectivity index (χ1) is 22.3. The van der Waals surface area contributed by atoms with Gasteiger partial charge in [0.2, 0.25) is 0 Å². The molecule has 9 atom stereocenters. The molecule has 0 amide bonds.